The predicted octanol–water partition coefficient (Wildman–Crippen LogP) is 2.81. The summed E-state index contributed by atoms with van der Waals surface area (Å²) in [5, 5.41) is 7.31. The van der Waals surface area contributed by atoms with E-state index in [2.05, 4.69) is 10.2 Å². The molecule has 114 valence electrons. The van der Waals surface area contributed by atoms with Gasteiger partial charge in [0.25, 0.3) is 0 Å². The molecule has 0 aliphatic heterocycles. The largest absolute Gasteiger partial charge is 0.467 e. The third kappa shape index (κ3) is 5.38. The van der Waals surface area contributed by atoms with Gasteiger partial charge in [0, 0.05) is 0 Å². The van der Waals surface area contributed by atoms with E-state index >= 15 is 0 Å². The fourth-order valence-corrected chi connectivity index (χ4v) is 2.87. The van der Waals surface area contributed by atoms with Gasteiger partial charge < -0.3 is 9.32 Å². The van der Waals surface area contributed by atoms with Gasteiger partial charge in [-0.1, -0.05) is 23.1 Å². The molecule has 21 heavy (non-hydrogen) atoms. The van der Waals surface area contributed by atoms with Crippen LogP contribution < -0.4 is 0 Å². The Morgan fingerprint density at radius 1 is 1.48 bits per heavy atom. The van der Waals surface area contributed by atoms with Crippen LogP contribution in [0.3, 0.4) is 0 Å². The van der Waals surface area contributed by atoms with Gasteiger partial charge in [0.15, 0.2) is 4.34 Å². The maximum atomic E-state index is 12.6. The Labute approximate surface area is 126 Å². The number of carbonyl (C=O) groups excluding carboxylic acids is 1. The monoisotopic (exact) mass is 337 g/mol. The molecule has 0 saturated heterocycles. The fraction of sp³-hybridized carbons (Fsp3) is 0.364. The minimum absolute atomic E-state index is 0.133. The van der Waals surface area contributed by atoms with Crippen molar-refractivity contribution in [2.24, 2.45) is 0 Å². The SMILES string of the molecule is O=C(CSc1nncs1)N(Cc1ccco1)CC(F)(F)F. The molecule has 0 atom stereocenters. The zero-order chi connectivity index (χ0) is 15.3. The summed E-state index contributed by atoms with van der Waals surface area (Å²) in [4.78, 5) is 12.7. The van der Waals surface area contributed by atoms with Crippen LogP contribution in [0.2, 0.25) is 0 Å². The molecule has 5 nitrogen and oxygen atoms in total. The lowest BCUT2D eigenvalue weighted by Gasteiger charge is -2.22. The molecule has 2 aromatic rings. The molecule has 0 bridgehead atoms. The van der Waals surface area contributed by atoms with Crippen molar-refractivity contribution >= 4 is 29.0 Å². The molecule has 0 spiro atoms. The second-order valence-electron chi connectivity index (χ2n) is 3.94. The Morgan fingerprint density at radius 2 is 2.29 bits per heavy atom. The van der Waals surface area contributed by atoms with Crippen LogP contribution in [0.4, 0.5) is 13.2 Å². The third-order valence-corrected chi connectivity index (χ3v) is 4.15. The van der Waals surface area contributed by atoms with E-state index in [1.807, 2.05) is 0 Å². The molecule has 0 N–H and O–H groups in total. The van der Waals surface area contributed by atoms with Crippen molar-refractivity contribution < 1.29 is 22.4 Å². The number of alkyl halides is 3. The number of furan rings is 1. The van der Waals surface area contributed by atoms with Crippen molar-refractivity contribution in [2.45, 2.75) is 17.1 Å². The van der Waals surface area contributed by atoms with Crippen molar-refractivity contribution in [3.63, 3.8) is 0 Å². The number of hydrogen-bond donors (Lipinski definition) is 0. The molecule has 1 amide bonds. The number of hydrogen-bond acceptors (Lipinski definition) is 6. The molecule has 2 aromatic heterocycles. The van der Waals surface area contributed by atoms with Crippen LogP contribution in [0.5, 0.6) is 0 Å². The summed E-state index contributed by atoms with van der Waals surface area (Å²) in [7, 11) is 0. The van der Waals surface area contributed by atoms with Crippen LogP contribution in [0, 0.1) is 0 Å². The minimum atomic E-state index is -4.46. The van der Waals surface area contributed by atoms with E-state index in [1.54, 1.807) is 6.07 Å². The first-order chi connectivity index (χ1) is 9.94. The van der Waals surface area contributed by atoms with Gasteiger partial charge in [-0.25, -0.2) is 0 Å². The normalized spacial score (nSPS) is 11.6. The Morgan fingerprint density at radius 3 is 2.86 bits per heavy atom. The average Bonchev–Trinajstić information content (AvgIpc) is 3.06. The molecule has 0 radical (unpaired) electrons. The van der Waals surface area contributed by atoms with Crippen molar-refractivity contribution in [1.29, 1.82) is 0 Å². The summed E-state index contributed by atoms with van der Waals surface area (Å²) in [6.45, 7) is -1.54. The Bertz CT molecular complexity index is 558. The zero-order valence-electron chi connectivity index (χ0n) is 10.5. The molecule has 0 unspecified atom stereocenters. The Balaban J connectivity index is 1.97. The lowest BCUT2D eigenvalue weighted by molar-refractivity contribution is -0.161. The van der Waals surface area contributed by atoms with E-state index in [4.69, 9.17) is 4.42 Å². The second-order valence-corrected chi connectivity index (χ2v) is 5.99. The molecule has 0 saturated carbocycles. The zero-order valence-corrected chi connectivity index (χ0v) is 12.2. The quantitative estimate of drug-likeness (QED) is 0.759. The first-order valence-corrected chi connectivity index (χ1v) is 7.56. The van der Waals surface area contributed by atoms with Crippen molar-refractivity contribution in [3.05, 3.63) is 29.7 Å². The molecular weight excluding hydrogens is 327 g/mol. The number of halogens is 3. The summed E-state index contributed by atoms with van der Waals surface area (Å²) in [6, 6.07) is 3.08. The number of carbonyl (C=O) groups is 1. The third-order valence-electron chi connectivity index (χ3n) is 2.31. The van der Waals surface area contributed by atoms with Gasteiger partial charge in [-0.2, -0.15) is 13.2 Å². The minimum Gasteiger partial charge on any atom is -0.467 e. The molecule has 0 aliphatic rings. The van der Waals surface area contributed by atoms with Gasteiger partial charge in [-0.15, -0.1) is 10.2 Å². The number of thioether (sulfide) groups is 1. The van der Waals surface area contributed by atoms with Crippen molar-refractivity contribution in [3.8, 4) is 0 Å². The van der Waals surface area contributed by atoms with E-state index < -0.39 is 18.6 Å². The summed E-state index contributed by atoms with van der Waals surface area (Å²) in [6.07, 6.45) is -3.11. The second kappa shape index (κ2) is 6.94. The topological polar surface area (TPSA) is 59.2 Å². The Hall–Kier alpha value is -1.55. The van der Waals surface area contributed by atoms with Gasteiger partial charge in [-0.3, -0.25) is 4.79 Å². The van der Waals surface area contributed by atoms with Crippen LogP contribution in [0.1, 0.15) is 5.76 Å². The van der Waals surface area contributed by atoms with Crippen molar-refractivity contribution in [1.82, 2.24) is 15.1 Å². The van der Waals surface area contributed by atoms with E-state index in [-0.39, 0.29) is 12.3 Å². The van der Waals surface area contributed by atoms with Crippen molar-refractivity contribution in [2.75, 3.05) is 12.3 Å². The van der Waals surface area contributed by atoms with E-state index in [9.17, 15) is 18.0 Å². The standard InChI is InChI=1S/C11H10F3N3O2S2/c12-11(13,14)6-17(4-8-2-1-3-19-8)9(18)5-20-10-16-15-7-21-10/h1-3,7H,4-6H2. The highest BCUT2D eigenvalue weighted by molar-refractivity contribution is 8.01. The Kier molecular flexibility index (Phi) is 5.23. The van der Waals surface area contributed by atoms with Crippen LogP contribution in [0.25, 0.3) is 0 Å². The van der Waals surface area contributed by atoms with Gasteiger partial charge in [0.05, 0.1) is 18.6 Å². The number of nitrogens with zero attached hydrogens (tertiary/aromatic N) is 3. The molecule has 0 aromatic carbocycles. The highest BCUT2D eigenvalue weighted by Gasteiger charge is 2.33. The van der Waals surface area contributed by atoms with Gasteiger partial charge in [0.2, 0.25) is 5.91 Å². The highest BCUT2D eigenvalue weighted by atomic mass is 32.2. The van der Waals surface area contributed by atoms with E-state index in [1.165, 1.54) is 29.2 Å². The number of amides is 1. The summed E-state index contributed by atoms with van der Waals surface area (Å²) >= 11 is 2.28. The van der Waals surface area contributed by atoms with Gasteiger partial charge >= 0.3 is 6.18 Å². The van der Waals surface area contributed by atoms with Gasteiger partial charge in [-0.05, 0) is 12.1 Å². The molecule has 2 heterocycles. The lowest BCUT2D eigenvalue weighted by atomic mass is 10.3. The molecular formula is C11H10F3N3O2S2. The van der Waals surface area contributed by atoms with Crippen LogP contribution >= 0.6 is 23.1 Å². The summed E-state index contributed by atoms with van der Waals surface area (Å²) in [5.41, 5.74) is 1.49. The van der Waals surface area contributed by atoms with Crippen LogP contribution in [-0.4, -0.2) is 39.5 Å². The predicted molar refractivity (Wildman–Crippen MR) is 70.8 cm³/mol. The van der Waals surface area contributed by atoms with Crippen LogP contribution in [-0.2, 0) is 11.3 Å². The number of rotatable bonds is 6. The average molecular weight is 337 g/mol. The highest BCUT2D eigenvalue weighted by Crippen LogP contribution is 2.22. The first kappa shape index (κ1) is 15.8. The summed E-state index contributed by atoms with van der Waals surface area (Å²) in [5.74, 6) is -0.469. The summed E-state index contributed by atoms with van der Waals surface area (Å²) < 4.78 is 43.2. The molecule has 2 rings (SSSR count). The first-order valence-electron chi connectivity index (χ1n) is 5.70. The fourth-order valence-electron chi connectivity index (χ4n) is 1.48. The molecule has 0 aliphatic carbocycles. The number of aromatic nitrogens is 2. The lowest BCUT2D eigenvalue weighted by Crippen LogP contribution is -2.39. The smallest absolute Gasteiger partial charge is 0.406 e. The van der Waals surface area contributed by atoms with Gasteiger partial charge in [0.1, 0.15) is 17.8 Å². The molecule has 0 fully saturated rings. The van der Waals surface area contributed by atoms with E-state index in [0.29, 0.717) is 15.0 Å². The van der Waals surface area contributed by atoms with E-state index in [0.717, 1.165) is 11.8 Å². The maximum Gasteiger partial charge on any atom is 0.406 e. The molecule has 10 heteroatoms. The maximum absolute atomic E-state index is 12.6. The van der Waals surface area contributed by atoms with Crippen LogP contribution in [0.15, 0.2) is 32.7 Å².